The number of Topliss-reactive ketones (excluding diaryl/α,β-unsaturated/α-hetero) is 1. The SMILES string of the molecule is COc1ccccc1CN1COc2ccc3c(c2C1)O/C(=C\c1cn(C)c2ccccc12)C3=O. The standard InChI is InChI=1S/C28H24N2O4/c1-29-14-19(20-8-4-5-9-23(20)29)13-26-27(31)21-11-12-25-22(28(21)34-26)16-30(17-33-25)15-18-7-3-6-10-24(18)32-2/h3-14H,15-17H2,1-2H3/b26-13-. The van der Waals surface area contributed by atoms with E-state index in [0.717, 1.165) is 39.1 Å². The quantitative estimate of drug-likeness (QED) is 0.401. The van der Waals surface area contributed by atoms with Crippen LogP contribution in [0.2, 0.25) is 0 Å². The van der Waals surface area contributed by atoms with Crippen LogP contribution in [0.3, 0.4) is 0 Å². The van der Waals surface area contributed by atoms with Crippen LogP contribution in [0.25, 0.3) is 17.0 Å². The summed E-state index contributed by atoms with van der Waals surface area (Å²) < 4.78 is 19.8. The molecule has 34 heavy (non-hydrogen) atoms. The molecule has 2 aliphatic rings. The number of fused-ring (bicyclic) bond motifs is 4. The first-order chi connectivity index (χ1) is 16.6. The molecule has 0 N–H and O–H groups in total. The number of hydrogen-bond donors (Lipinski definition) is 0. The van der Waals surface area contributed by atoms with E-state index in [1.54, 1.807) is 13.2 Å². The summed E-state index contributed by atoms with van der Waals surface area (Å²) in [5.41, 5.74) is 4.62. The zero-order valence-electron chi connectivity index (χ0n) is 19.1. The van der Waals surface area contributed by atoms with Gasteiger partial charge in [0.05, 0.1) is 18.2 Å². The molecule has 0 amide bonds. The van der Waals surface area contributed by atoms with Crippen molar-refractivity contribution in [3.05, 3.63) is 94.9 Å². The van der Waals surface area contributed by atoms with Crippen LogP contribution in [-0.2, 0) is 20.1 Å². The van der Waals surface area contributed by atoms with Gasteiger partial charge in [-0.2, -0.15) is 0 Å². The third-order valence-corrected chi connectivity index (χ3v) is 6.48. The second-order valence-corrected chi connectivity index (χ2v) is 8.64. The number of aromatic nitrogens is 1. The molecule has 4 aromatic rings. The molecule has 0 saturated heterocycles. The van der Waals surface area contributed by atoms with Gasteiger partial charge in [-0.3, -0.25) is 9.69 Å². The van der Waals surface area contributed by atoms with Crippen molar-refractivity contribution in [3.8, 4) is 17.2 Å². The van der Waals surface area contributed by atoms with E-state index in [2.05, 4.69) is 27.7 Å². The van der Waals surface area contributed by atoms with Crippen LogP contribution in [0.5, 0.6) is 17.2 Å². The Bertz CT molecular complexity index is 1470. The molecule has 2 aliphatic heterocycles. The van der Waals surface area contributed by atoms with Crippen LogP contribution in [0, 0.1) is 0 Å². The van der Waals surface area contributed by atoms with Crippen LogP contribution in [0.4, 0.5) is 0 Å². The molecule has 0 bridgehead atoms. The van der Waals surface area contributed by atoms with Crippen molar-refractivity contribution < 1.29 is 19.0 Å². The van der Waals surface area contributed by atoms with Gasteiger partial charge >= 0.3 is 0 Å². The highest BCUT2D eigenvalue weighted by Gasteiger charge is 2.34. The monoisotopic (exact) mass is 452 g/mol. The molecule has 0 fully saturated rings. The molecule has 3 aromatic carbocycles. The number of methoxy groups -OCH3 is 1. The zero-order valence-corrected chi connectivity index (χ0v) is 19.1. The van der Waals surface area contributed by atoms with Gasteiger partial charge in [-0.15, -0.1) is 0 Å². The van der Waals surface area contributed by atoms with E-state index < -0.39 is 0 Å². The lowest BCUT2D eigenvalue weighted by Gasteiger charge is -2.30. The summed E-state index contributed by atoms with van der Waals surface area (Å²) in [5.74, 6) is 2.43. The van der Waals surface area contributed by atoms with Crippen molar-refractivity contribution in [1.29, 1.82) is 0 Å². The minimum atomic E-state index is -0.104. The summed E-state index contributed by atoms with van der Waals surface area (Å²) in [7, 11) is 3.68. The average Bonchev–Trinajstić information content (AvgIpc) is 3.36. The van der Waals surface area contributed by atoms with Crippen molar-refractivity contribution >= 4 is 22.8 Å². The predicted octanol–water partition coefficient (Wildman–Crippen LogP) is 5.16. The first-order valence-corrected chi connectivity index (χ1v) is 11.2. The molecule has 6 rings (SSSR count). The molecule has 0 spiro atoms. The van der Waals surface area contributed by atoms with Crippen LogP contribution < -0.4 is 14.2 Å². The lowest BCUT2D eigenvalue weighted by molar-refractivity contribution is 0.0865. The largest absolute Gasteiger partial charge is 0.496 e. The molecule has 3 heterocycles. The fourth-order valence-electron chi connectivity index (χ4n) is 4.81. The molecular formula is C28H24N2O4. The Labute approximate surface area is 197 Å². The van der Waals surface area contributed by atoms with Gasteiger partial charge in [-0.05, 0) is 30.3 Å². The molecule has 1 aromatic heterocycles. The van der Waals surface area contributed by atoms with Gasteiger partial charge in [-0.25, -0.2) is 0 Å². The number of benzene rings is 3. The van der Waals surface area contributed by atoms with Gasteiger partial charge in [-0.1, -0.05) is 36.4 Å². The number of ether oxygens (including phenoxy) is 3. The first kappa shape index (κ1) is 20.6. The fraction of sp³-hybridized carbons (Fsp3) is 0.179. The topological polar surface area (TPSA) is 52.9 Å². The predicted molar refractivity (Wildman–Crippen MR) is 130 cm³/mol. The van der Waals surface area contributed by atoms with E-state index in [-0.39, 0.29) is 5.78 Å². The van der Waals surface area contributed by atoms with Gasteiger partial charge in [0, 0.05) is 48.4 Å². The maximum Gasteiger partial charge on any atom is 0.231 e. The smallest absolute Gasteiger partial charge is 0.231 e. The third kappa shape index (κ3) is 3.35. The van der Waals surface area contributed by atoms with Crippen molar-refractivity contribution in [2.24, 2.45) is 7.05 Å². The Balaban J connectivity index is 1.32. The highest BCUT2D eigenvalue weighted by Crippen LogP contribution is 2.42. The van der Waals surface area contributed by atoms with Crippen LogP contribution >= 0.6 is 0 Å². The van der Waals surface area contributed by atoms with Gasteiger partial charge in [0.2, 0.25) is 5.78 Å². The lowest BCUT2D eigenvalue weighted by atomic mass is 10.0. The van der Waals surface area contributed by atoms with Crippen molar-refractivity contribution in [2.45, 2.75) is 13.1 Å². The highest BCUT2D eigenvalue weighted by molar-refractivity contribution is 6.15. The Morgan fingerprint density at radius 2 is 1.88 bits per heavy atom. The van der Waals surface area contributed by atoms with Crippen LogP contribution in [0.15, 0.2) is 72.6 Å². The number of nitrogens with zero attached hydrogens (tertiary/aromatic N) is 2. The number of para-hydroxylation sites is 2. The Morgan fingerprint density at radius 3 is 2.76 bits per heavy atom. The summed E-state index contributed by atoms with van der Waals surface area (Å²) in [6.07, 6.45) is 3.86. The lowest BCUT2D eigenvalue weighted by Crippen LogP contribution is -2.31. The van der Waals surface area contributed by atoms with Gasteiger partial charge < -0.3 is 18.8 Å². The Kier molecular flexibility index (Phi) is 4.89. The summed E-state index contributed by atoms with van der Waals surface area (Å²) in [5, 5.41) is 1.08. The average molecular weight is 453 g/mol. The second-order valence-electron chi connectivity index (χ2n) is 8.64. The summed E-state index contributed by atoms with van der Waals surface area (Å²) in [6.45, 7) is 1.74. The molecule has 170 valence electrons. The number of carbonyl (C=O) groups is 1. The number of hydrogen-bond acceptors (Lipinski definition) is 5. The van der Waals surface area contributed by atoms with Crippen molar-refractivity contribution in [1.82, 2.24) is 9.47 Å². The Morgan fingerprint density at radius 1 is 1.06 bits per heavy atom. The maximum atomic E-state index is 13.2. The van der Waals surface area contributed by atoms with E-state index in [9.17, 15) is 4.79 Å². The fourth-order valence-corrected chi connectivity index (χ4v) is 4.81. The zero-order chi connectivity index (χ0) is 23.2. The maximum absolute atomic E-state index is 13.2. The van der Waals surface area contributed by atoms with Gasteiger partial charge in [0.1, 0.15) is 24.0 Å². The van der Waals surface area contributed by atoms with E-state index in [1.807, 2.05) is 55.7 Å². The van der Waals surface area contributed by atoms with Gasteiger partial charge in [0.15, 0.2) is 5.76 Å². The molecule has 0 aliphatic carbocycles. The number of ketones is 1. The van der Waals surface area contributed by atoms with Crippen LogP contribution in [0.1, 0.15) is 27.0 Å². The van der Waals surface area contributed by atoms with E-state index >= 15 is 0 Å². The molecule has 6 nitrogen and oxygen atoms in total. The first-order valence-electron chi connectivity index (χ1n) is 11.2. The normalized spacial score (nSPS) is 16.3. The number of allylic oxidation sites excluding steroid dienone is 1. The highest BCUT2D eigenvalue weighted by atomic mass is 16.5. The number of aryl methyl sites for hydroxylation is 1. The second kappa shape index (κ2) is 8.08. The molecule has 0 unspecified atom stereocenters. The Hall–Kier alpha value is -4.03. The molecule has 0 radical (unpaired) electrons. The molecule has 6 heteroatoms. The minimum absolute atomic E-state index is 0.104. The van der Waals surface area contributed by atoms with Crippen molar-refractivity contribution in [2.75, 3.05) is 13.8 Å². The molecule has 0 atom stereocenters. The summed E-state index contributed by atoms with van der Waals surface area (Å²) >= 11 is 0. The van der Waals surface area contributed by atoms with E-state index in [4.69, 9.17) is 14.2 Å². The molecule has 0 saturated carbocycles. The molecular weight excluding hydrogens is 428 g/mol. The van der Waals surface area contributed by atoms with Crippen LogP contribution in [-0.4, -0.2) is 29.1 Å². The minimum Gasteiger partial charge on any atom is -0.496 e. The van der Waals surface area contributed by atoms with E-state index in [0.29, 0.717) is 36.9 Å². The summed E-state index contributed by atoms with van der Waals surface area (Å²) in [4.78, 5) is 15.4. The number of rotatable bonds is 4. The van der Waals surface area contributed by atoms with Crippen molar-refractivity contribution in [3.63, 3.8) is 0 Å². The van der Waals surface area contributed by atoms with E-state index in [1.165, 1.54) is 0 Å². The third-order valence-electron chi connectivity index (χ3n) is 6.48. The summed E-state index contributed by atoms with van der Waals surface area (Å²) in [6, 6.07) is 19.8. The number of carbonyl (C=O) groups excluding carboxylic acids is 1. The van der Waals surface area contributed by atoms with Gasteiger partial charge in [0.25, 0.3) is 0 Å².